The highest BCUT2D eigenvalue weighted by atomic mass is 32.1. The van der Waals surface area contributed by atoms with E-state index < -0.39 is 5.97 Å². The highest BCUT2D eigenvalue weighted by molar-refractivity contribution is 7.10. The van der Waals surface area contributed by atoms with Crippen molar-refractivity contribution in [3.63, 3.8) is 0 Å². The number of thiophene rings is 1. The van der Waals surface area contributed by atoms with Crippen molar-refractivity contribution in [2.45, 2.75) is 26.3 Å². The number of carbonyl (C=O) groups excluding carboxylic acids is 2. The van der Waals surface area contributed by atoms with Crippen LogP contribution in [-0.4, -0.2) is 18.5 Å². The summed E-state index contributed by atoms with van der Waals surface area (Å²) in [6, 6.07) is 11.8. The van der Waals surface area contributed by atoms with E-state index in [0.717, 1.165) is 16.9 Å². The standard InChI is InChI=1S/C19H21NO3S/c1-3-15-6-8-16(9-7-15)14(2)20-18(21)13-23-19(22)11-10-17-5-4-12-24-17/h4-12,14H,3,13H2,1-2H3,(H,20,21)/b11-10+/t14-/m0/s1. The Morgan fingerprint density at radius 1 is 1.25 bits per heavy atom. The maximum atomic E-state index is 11.9. The second-order valence-corrected chi connectivity index (χ2v) is 6.32. The summed E-state index contributed by atoms with van der Waals surface area (Å²) in [4.78, 5) is 24.4. The maximum Gasteiger partial charge on any atom is 0.331 e. The number of ether oxygens (including phenoxy) is 1. The lowest BCUT2D eigenvalue weighted by Gasteiger charge is -2.14. The maximum absolute atomic E-state index is 11.9. The number of carbonyl (C=O) groups is 2. The highest BCUT2D eigenvalue weighted by Gasteiger charge is 2.11. The lowest BCUT2D eigenvalue weighted by molar-refractivity contribution is -0.144. The molecule has 2 rings (SSSR count). The number of aryl methyl sites for hydroxylation is 1. The van der Waals surface area contributed by atoms with E-state index in [2.05, 4.69) is 12.2 Å². The zero-order valence-corrected chi connectivity index (χ0v) is 14.6. The lowest BCUT2D eigenvalue weighted by Crippen LogP contribution is -2.30. The number of esters is 1. The molecule has 0 unspecified atom stereocenters. The second-order valence-electron chi connectivity index (χ2n) is 5.34. The Morgan fingerprint density at radius 3 is 2.62 bits per heavy atom. The van der Waals surface area contributed by atoms with Crippen LogP contribution < -0.4 is 5.32 Å². The van der Waals surface area contributed by atoms with Gasteiger partial charge in [-0.05, 0) is 42.0 Å². The van der Waals surface area contributed by atoms with E-state index in [0.29, 0.717) is 0 Å². The van der Waals surface area contributed by atoms with Gasteiger partial charge in [0.15, 0.2) is 6.61 Å². The molecule has 24 heavy (non-hydrogen) atoms. The second kappa shape index (κ2) is 9.03. The molecule has 1 aromatic heterocycles. The third-order valence-electron chi connectivity index (χ3n) is 3.54. The largest absolute Gasteiger partial charge is 0.452 e. The van der Waals surface area contributed by atoms with Crippen LogP contribution in [0.5, 0.6) is 0 Å². The Bertz CT molecular complexity index is 690. The van der Waals surface area contributed by atoms with Crippen LogP contribution in [0.25, 0.3) is 6.08 Å². The molecular formula is C19H21NO3S. The average Bonchev–Trinajstić information content (AvgIpc) is 3.11. The number of hydrogen-bond donors (Lipinski definition) is 1. The monoisotopic (exact) mass is 343 g/mol. The van der Waals surface area contributed by atoms with Crippen LogP contribution in [0.15, 0.2) is 47.9 Å². The Kier molecular flexibility index (Phi) is 6.75. The van der Waals surface area contributed by atoms with Crippen molar-refractivity contribution < 1.29 is 14.3 Å². The van der Waals surface area contributed by atoms with Gasteiger partial charge in [-0.1, -0.05) is 37.3 Å². The Labute approximate surface area is 146 Å². The van der Waals surface area contributed by atoms with Crippen molar-refractivity contribution in [1.82, 2.24) is 5.32 Å². The fraction of sp³-hybridized carbons (Fsp3) is 0.263. The molecule has 2 aromatic rings. The van der Waals surface area contributed by atoms with E-state index in [9.17, 15) is 9.59 Å². The molecule has 4 nitrogen and oxygen atoms in total. The number of nitrogens with one attached hydrogen (secondary N) is 1. The molecule has 0 radical (unpaired) electrons. The van der Waals surface area contributed by atoms with E-state index >= 15 is 0 Å². The van der Waals surface area contributed by atoms with Gasteiger partial charge in [0.2, 0.25) is 0 Å². The van der Waals surface area contributed by atoms with Gasteiger partial charge in [-0.3, -0.25) is 4.79 Å². The Hall–Kier alpha value is -2.40. The summed E-state index contributed by atoms with van der Waals surface area (Å²) in [5, 5.41) is 4.74. The fourth-order valence-electron chi connectivity index (χ4n) is 2.13. The van der Waals surface area contributed by atoms with Crippen LogP contribution in [0.3, 0.4) is 0 Å². The molecule has 0 saturated carbocycles. The molecular weight excluding hydrogens is 322 g/mol. The SMILES string of the molecule is CCc1ccc([C@H](C)NC(=O)COC(=O)/C=C/c2cccs2)cc1. The zero-order valence-electron chi connectivity index (χ0n) is 13.8. The van der Waals surface area contributed by atoms with Crippen molar-refractivity contribution in [1.29, 1.82) is 0 Å². The van der Waals surface area contributed by atoms with Crippen LogP contribution in [0.4, 0.5) is 0 Å². The first-order chi connectivity index (χ1) is 11.6. The van der Waals surface area contributed by atoms with Gasteiger partial charge in [0.05, 0.1) is 6.04 Å². The molecule has 0 aliphatic carbocycles. The van der Waals surface area contributed by atoms with E-state index in [1.807, 2.05) is 48.7 Å². The molecule has 0 aliphatic rings. The van der Waals surface area contributed by atoms with Crippen LogP contribution in [0.2, 0.25) is 0 Å². The molecule has 0 bridgehead atoms. The average molecular weight is 343 g/mol. The van der Waals surface area contributed by atoms with E-state index in [1.165, 1.54) is 23.0 Å². The van der Waals surface area contributed by atoms with Crippen LogP contribution in [-0.2, 0) is 20.7 Å². The first-order valence-electron chi connectivity index (χ1n) is 7.85. The van der Waals surface area contributed by atoms with Crippen LogP contribution in [0.1, 0.15) is 35.9 Å². The van der Waals surface area contributed by atoms with Crippen LogP contribution >= 0.6 is 11.3 Å². The van der Waals surface area contributed by atoms with Gasteiger partial charge < -0.3 is 10.1 Å². The van der Waals surface area contributed by atoms with Gasteiger partial charge >= 0.3 is 5.97 Å². The summed E-state index contributed by atoms with van der Waals surface area (Å²) < 4.78 is 4.94. The molecule has 1 N–H and O–H groups in total. The summed E-state index contributed by atoms with van der Waals surface area (Å²) in [6.07, 6.45) is 3.98. The summed E-state index contributed by atoms with van der Waals surface area (Å²) >= 11 is 1.52. The minimum atomic E-state index is -0.529. The van der Waals surface area contributed by atoms with Gasteiger partial charge in [-0.25, -0.2) is 4.79 Å². The molecule has 1 atom stereocenters. The molecule has 0 aliphatic heterocycles. The molecule has 0 saturated heterocycles. The Morgan fingerprint density at radius 2 is 2.00 bits per heavy atom. The summed E-state index contributed by atoms with van der Waals surface area (Å²) in [5.41, 5.74) is 2.27. The summed E-state index contributed by atoms with van der Waals surface area (Å²) in [5.74, 6) is -0.849. The molecule has 5 heteroatoms. The minimum Gasteiger partial charge on any atom is -0.452 e. The normalized spacial score (nSPS) is 12.1. The van der Waals surface area contributed by atoms with Gasteiger partial charge in [0.1, 0.15) is 0 Å². The first-order valence-corrected chi connectivity index (χ1v) is 8.73. The molecule has 1 amide bonds. The van der Waals surface area contributed by atoms with Crippen molar-refractivity contribution in [3.05, 3.63) is 63.9 Å². The highest BCUT2D eigenvalue weighted by Crippen LogP contribution is 2.13. The molecule has 1 aromatic carbocycles. The third kappa shape index (κ3) is 5.66. The quantitative estimate of drug-likeness (QED) is 0.615. The summed E-state index contributed by atoms with van der Waals surface area (Å²) in [7, 11) is 0. The van der Waals surface area contributed by atoms with Crippen molar-refractivity contribution in [2.24, 2.45) is 0 Å². The van der Waals surface area contributed by atoms with Gasteiger partial charge in [-0.15, -0.1) is 11.3 Å². The number of hydrogen-bond acceptors (Lipinski definition) is 4. The molecule has 0 fully saturated rings. The number of benzene rings is 1. The smallest absolute Gasteiger partial charge is 0.331 e. The Balaban J connectivity index is 1.76. The molecule has 0 spiro atoms. The first kappa shape index (κ1) is 17.9. The van der Waals surface area contributed by atoms with Crippen molar-refractivity contribution in [3.8, 4) is 0 Å². The molecule has 1 heterocycles. The van der Waals surface area contributed by atoms with E-state index in [1.54, 1.807) is 6.08 Å². The van der Waals surface area contributed by atoms with Crippen molar-refractivity contribution in [2.75, 3.05) is 6.61 Å². The van der Waals surface area contributed by atoms with Gasteiger partial charge in [-0.2, -0.15) is 0 Å². The lowest BCUT2D eigenvalue weighted by atomic mass is 10.1. The minimum absolute atomic E-state index is 0.135. The topological polar surface area (TPSA) is 55.4 Å². The van der Waals surface area contributed by atoms with Gasteiger partial charge in [0, 0.05) is 11.0 Å². The van der Waals surface area contributed by atoms with E-state index in [-0.39, 0.29) is 18.6 Å². The van der Waals surface area contributed by atoms with Crippen molar-refractivity contribution >= 4 is 29.3 Å². The van der Waals surface area contributed by atoms with Gasteiger partial charge in [0.25, 0.3) is 5.91 Å². The number of rotatable bonds is 7. The zero-order chi connectivity index (χ0) is 17.4. The predicted molar refractivity (Wildman–Crippen MR) is 96.7 cm³/mol. The summed E-state index contributed by atoms with van der Waals surface area (Å²) in [6.45, 7) is 3.71. The predicted octanol–water partition coefficient (Wildman–Crippen LogP) is 3.74. The molecule has 126 valence electrons. The number of amides is 1. The van der Waals surface area contributed by atoms with Crippen LogP contribution in [0, 0.1) is 0 Å². The fourth-order valence-corrected chi connectivity index (χ4v) is 2.75. The third-order valence-corrected chi connectivity index (χ3v) is 4.38. The van der Waals surface area contributed by atoms with E-state index in [4.69, 9.17) is 4.74 Å².